The molecule has 0 fully saturated rings. The van der Waals surface area contributed by atoms with Gasteiger partial charge in [0.1, 0.15) is 11.4 Å². The van der Waals surface area contributed by atoms with E-state index in [0.29, 0.717) is 11.3 Å². The van der Waals surface area contributed by atoms with Gasteiger partial charge >= 0.3 is 11.9 Å². The van der Waals surface area contributed by atoms with Crippen molar-refractivity contribution in [1.82, 2.24) is 0 Å². The van der Waals surface area contributed by atoms with Crippen LogP contribution < -0.4 is 0 Å². The Morgan fingerprint density at radius 3 is 1.81 bits per heavy atom. The summed E-state index contributed by atoms with van der Waals surface area (Å²) in [6.45, 7) is 0. The molecule has 0 spiro atoms. The van der Waals surface area contributed by atoms with Crippen molar-refractivity contribution < 1.29 is 24.9 Å². The Bertz CT molecular complexity index is 938. The lowest BCUT2D eigenvalue weighted by atomic mass is 10.2. The molecule has 0 amide bonds. The minimum absolute atomic E-state index is 0.0972. The second kappa shape index (κ2) is 9.47. The second-order valence-electron chi connectivity index (χ2n) is 5.21. The minimum atomic E-state index is -1.05. The molecule has 27 heavy (non-hydrogen) atoms. The Morgan fingerprint density at radius 2 is 1.26 bits per heavy atom. The number of aromatic hydroxyl groups is 1. The summed E-state index contributed by atoms with van der Waals surface area (Å²) in [5.41, 5.74) is 1.25. The average molecular weight is 364 g/mol. The zero-order valence-electron chi connectivity index (χ0n) is 14.1. The third kappa shape index (κ3) is 6.09. The topological polar surface area (TPSA) is 120 Å². The molecule has 0 unspecified atom stereocenters. The van der Waals surface area contributed by atoms with Crippen molar-refractivity contribution in [3.8, 4) is 5.75 Å². The fraction of sp³-hybridized carbons (Fsp3) is 0. The summed E-state index contributed by atoms with van der Waals surface area (Å²) < 4.78 is 0. The van der Waals surface area contributed by atoms with Crippen LogP contribution in [0.4, 0.5) is 11.4 Å². The molecule has 0 bridgehead atoms. The van der Waals surface area contributed by atoms with Crippen molar-refractivity contribution >= 4 is 23.3 Å². The summed E-state index contributed by atoms with van der Waals surface area (Å²) >= 11 is 0. The second-order valence-corrected chi connectivity index (χ2v) is 5.21. The van der Waals surface area contributed by atoms with Crippen molar-refractivity contribution in [3.63, 3.8) is 0 Å². The van der Waals surface area contributed by atoms with E-state index in [9.17, 15) is 9.59 Å². The molecular formula is C20H16N2O5. The van der Waals surface area contributed by atoms with Crippen LogP contribution in [0.15, 0.2) is 89.1 Å². The van der Waals surface area contributed by atoms with E-state index in [-0.39, 0.29) is 17.0 Å². The molecule has 0 aliphatic heterocycles. The highest BCUT2D eigenvalue weighted by Crippen LogP contribution is 2.23. The minimum Gasteiger partial charge on any atom is -0.508 e. The van der Waals surface area contributed by atoms with Gasteiger partial charge in [-0.1, -0.05) is 30.3 Å². The van der Waals surface area contributed by atoms with Crippen molar-refractivity contribution in [3.05, 3.63) is 90.0 Å². The number of carbonyl (C=O) groups is 2. The monoisotopic (exact) mass is 364 g/mol. The molecule has 0 saturated carbocycles. The Balaban J connectivity index is 0.000000244. The molecular weight excluding hydrogens is 348 g/mol. The van der Waals surface area contributed by atoms with Gasteiger partial charge in [0.05, 0.1) is 16.8 Å². The number of nitrogens with zero attached hydrogens (tertiary/aromatic N) is 2. The van der Waals surface area contributed by atoms with Crippen LogP contribution in [-0.4, -0.2) is 27.3 Å². The van der Waals surface area contributed by atoms with Gasteiger partial charge in [0.15, 0.2) is 0 Å². The number of phenols is 1. The zero-order valence-corrected chi connectivity index (χ0v) is 14.1. The molecule has 0 saturated heterocycles. The largest absolute Gasteiger partial charge is 0.508 e. The van der Waals surface area contributed by atoms with Gasteiger partial charge in [-0.15, -0.1) is 5.11 Å². The molecule has 7 heteroatoms. The Morgan fingerprint density at radius 1 is 0.667 bits per heavy atom. The molecule has 3 aromatic carbocycles. The van der Waals surface area contributed by atoms with E-state index in [1.54, 1.807) is 60.7 Å². The normalized spacial score (nSPS) is 10.1. The summed E-state index contributed by atoms with van der Waals surface area (Å²) in [6, 6.07) is 20.8. The average Bonchev–Trinajstić information content (AvgIpc) is 2.69. The van der Waals surface area contributed by atoms with Crippen LogP contribution in [0, 0.1) is 0 Å². The first-order valence-corrected chi connectivity index (χ1v) is 7.79. The summed E-state index contributed by atoms with van der Waals surface area (Å²) in [6.07, 6.45) is 0. The number of hydrogen-bond acceptors (Lipinski definition) is 5. The van der Waals surface area contributed by atoms with Crippen molar-refractivity contribution in [1.29, 1.82) is 0 Å². The maximum absolute atomic E-state index is 10.9. The number of hydrogen-bond donors (Lipinski definition) is 3. The van der Waals surface area contributed by atoms with E-state index < -0.39 is 11.9 Å². The van der Waals surface area contributed by atoms with Crippen LogP contribution in [0.5, 0.6) is 5.75 Å². The smallest absolute Gasteiger partial charge is 0.337 e. The summed E-state index contributed by atoms with van der Waals surface area (Å²) in [4.78, 5) is 21.1. The molecule has 0 aromatic heterocycles. The quantitative estimate of drug-likeness (QED) is 0.569. The fourth-order valence-electron chi connectivity index (χ4n) is 1.95. The number of benzene rings is 3. The van der Waals surface area contributed by atoms with Crippen LogP contribution in [0.2, 0.25) is 0 Å². The SMILES string of the molecule is O=C(O)c1ccccc1.O=C(O)c1ccccc1N=Nc1ccc(O)cc1. The standard InChI is InChI=1S/C13H10N2O3.C7H6O2/c16-10-7-5-9(6-8-10)14-15-12-4-2-1-3-11(12)13(17)18;8-7(9)6-4-2-1-3-5-6/h1-8,16H,(H,17,18);1-5H,(H,8,9). The van der Waals surface area contributed by atoms with Gasteiger partial charge in [0.2, 0.25) is 0 Å². The van der Waals surface area contributed by atoms with E-state index in [0.717, 1.165) is 0 Å². The molecule has 7 nitrogen and oxygen atoms in total. The molecule has 136 valence electrons. The van der Waals surface area contributed by atoms with Crippen LogP contribution >= 0.6 is 0 Å². The van der Waals surface area contributed by atoms with E-state index in [1.165, 1.54) is 18.2 Å². The van der Waals surface area contributed by atoms with Crippen LogP contribution in [0.1, 0.15) is 20.7 Å². The van der Waals surface area contributed by atoms with Gasteiger partial charge in [0.25, 0.3) is 0 Å². The highest BCUT2D eigenvalue weighted by atomic mass is 16.4. The van der Waals surface area contributed by atoms with E-state index in [1.807, 2.05) is 0 Å². The number of carboxylic acids is 2. The van der Waals surface area contributed by atoms with Gasteiger partial charge in [-0.2, -0.15) is 5.11 Å². The molecule has 0 heterocycles. The fourth-order valence-corrected chi connectivity index (χ4v) is 1.95. The van der Waals surface area contributed by atoms with Crippen molar-refractivity contribution in [2.75, 3.05) is 0 Å². The predicted octanol–water partition coefficient (Wildman–Crippen LogP) is 4.89. The van der Waals surface area contributed by atoms with Gasteiger partial charge in [-0.25, -0.2) is 9.59 Å². The van der Waals surface area contributed by atoms with Crippen LogP contribution in [0.25, 0.3) is 0 Å². The van der Waals surface area contributed by atoms with Crippen LogP contribution in [-0.2, 0) is 0 Å². The van der Waals surface area contributed by atoms with E-state index in [4.69, 9.17) is 15.3 Å². The number of phenolic OH excluding ortho intramolecular Hbond substituents is 1. The Hall–Kier alpha value is -4.00. The van der Waals surface area contributed by atoms with Gasteiger partial charge < -0.3 is 15.3 Å². The first-order valence-electron chi connectivity index (χ1n) is 7.79. The summed E-state index contributed by atoms with van der Waals surface area (Å²) in [7, 11) is 0. The highest BCUT2D eigenvalue weighted by Gasteiger charge is 2.07. The molecule has 0 aliphatic carbocycles. The van der Waals surface area contributed by atoms with Crippen LogP contribution in [0.3, 0.4) is 0 Å². The lowest BCUT2D eigenvalue weighted by molar-refractivity contribution is 0.0686. The number of rotatable bonds is 4. The van der Waals surface area contributed by atoms with Crippen molar-refractivity contribution in [2.45, 2.75) is 0 Å². The maximum atomic E-state index is 10.9. The molecule has 3 aromatic rings. The predicted molar refractivity (Wildman–Crippen MR) is 99.1 cm³/mol. The Kier molecular flexibility index (Phi) is 6.78. The first kappa shape index (κ1) is 19.3. The Labute approximate surface area is 154 Å². The molecule has 3 N–H and O–H groups in total. The van der Waals surface area contributed by atoms with Gasteiger partial charge in [-0.3, -0.25) is 0 Å². The van der Waals surface area contributed by atoms with E-state index in [2.05, 4.69) is 10.2 Å². The summed E-state index contributed by atoms with van der Waals surface area (Å²) in [5.74, 6) is -1.79. The van der Waals surface area contributed by atoms with Crippen molar-refractivity contribution in [2.24, 2.45) is 10.2 Å². The molecule has 3 rings (SSSR count). The zero-order chi connectivity index (χ0) is 19.6. The number of aromatic carboxylic acids is 2. The number of azo groups is 1. The molecule has 0 aliphatic rings. The molecule has 0 radical (unpaired) electrons. The maximum Gasteiger partial charge on any atom is 0.337 e. The van der Waals surface area contributed by atoms with Gasteiger partial charge in [-0.05, 0) is 48.5 Å². The first-order chi connectivity index (χ1) is 13.0. The third-order valence-corrected chi connectivity index (χ3v) is 3.28. The van der Waals surface area contributed by atoms with E-state index >= 15 is 0 Å². The lowest BCUT2D eigenvalue weighted by Crippen LogP contribution is -1.95. The summed E-state index contributed by atoms with van der Waals surface area (Å²) in [5, 5.41) is 34.3. The lowest BCUT2D eigenvalue weighted by Gasteiger charge is -1.98. The molecule has 0 atom stereocenters. The number of carboxylic acid groups (broad SMARTS) is 2. The van der Waals surface area contributed by atoms with Gasteiger partial charge in [0, 0.05) is 0 Å². The third-order valence-electron chi connectivity index (χ3n) is 3.28. The highest BCUT2D eigenvalue weighted by molar-refractivity contribution is 5.93.